The molecule has 0 N–H and O–H groups in total. The SMILES string of the molecule is CCN1CCN(C2CCN(c3cnn(Cc4ccccc4)c(=O)c3Cl)C2)CC1. The monoisotopic (exact) mass is 401 g/mol. The highest BCUT2D eigenvalue weighted by Gasteiger charge is 2.31. The zero-order chi connectivity index (χ0) is 19.5. The molecule has 0 radical (unpaired) electrons. The first kappa shape index (κ1) is 19.4. The van der Waals surface area contributed by atoms with E-state index in [0.29, 0.717) is 12.6 Å². The minimum atomic E-state index is -0.219. The highest BCUT2D eigenvalue weighted by atomic mass is 35.5. The summed E-state index contributed by atoms with van der Waals surface area (Å²) in [6.07, 6.45) is 2.86. The largest absolute Gasteiger partial charge is 0.367 e. The summed E-state index contributed by atoms with van der Waals surface area (Å²) in [6, 6.07) is 10.4. The molecule has 1 unspecified atom stereocenters. The second-order valence-electron chi connectivity index (χ2n) is 7.65. The van der Waals surface area contributed by atoms with Crippen LogP contribution in [0.4, 0.5) is 5.69 Å². The van der Waals surface area contributed by atoms with Crippen molar-refractivity contribution in [1.82, 2.24) is 19.6 Å². The molecule has 1 aromatic carbocycles. The van der Waals surface area contributed by atoms with Crippen molar-refractivity contribution >= 4 is 17.3 Å². The molecule has 1 aromatic heterocycles. The second-order valence-corrected chi connectivity index (χ2v) is 8.03. The lowest BCUT2D eigenvalue weighted by molar-refractivity contribution is 0.107. The smallest absolute Gasteiger partial charge is 0.287 e. The average molecular weight is 402 g/mol. The van der Waals surface area contributed by atoms with Gasteiger partial charge < -0.3 is 9.80 Å². The summed E-state index contributed by atoms with van der Waals surface area (Å²) in [5.41, 5.74) is 1.59. The molecule has 28 heavy (non-hydrogen) atoms. The third kappa shape index (κ3) is 4.09. The van der Waals surface area contributed by atoms with Crippen LogP contribution in [0.5, 0.6) is 0 Å². The minimum absolute atomic E-state index is 0.219. The van der Waals surface area contributed by atoms with Crippen molar-refractivity contribution in [2.75, 3.05) is 50.7 Å². The van der Waals surface area contributed by atoms with Gasteiger partial charge in [0.25, 0.3) is 5.56 Å². The van der Waals surface area contributed by atoms with Crippen LogP contribution in [0.3, 0.4) is 0 Å². The fourth-order valence-electron chi connectivity index (χ4n) is 4.25. The van der Waals surface area contributed by atoms with Crippen LogP contribution in [0.15, 0.2) is 41.3 Å². The lowest BCUT2D eigenvalue weighted by Gasteiger charge is -2.37. The van der Waals surface area contributed by atoms with Gasteiger partial charge in [-0.15, -0.1) is 0 Å². The Hall–Kier alpha value is -1.89. The van der Waals surface area contributed by atoms with Crippen molar-refractivity contribution < 1.29 is 0 Å². The zero-order valence-electron chi connectivity index (χ0n) is 16.4. The molecular formula is C21H28ClN5O. The highest BCUT2D eigenvalue weighted by Crippen LogP contribution is 2.27. The maximum absolute atomic E-state index is 12.7. The topological polar surface area (TPSA) is 44.6 Å². The molecule has 2 aliphatic rings. The molecule has 0 amide bonds. The number of likely N-dealkylation sites (N-methyl/N-ethyl adjacent to an activating group) is 1. The van der Waals surface area contributed by atoms with E-state index < -0.39 is 0 Å². The summed E-state index contributed by atoms with van der Waals surface area (Å²) < 4.78 is 1.44. The molecule has 3 heterocycles. The van der Waals surface area contributed by atoms with Gasteiger partial charge in [0, 0.05) is 45.3 Å². The molecular weight excluding hydrogens is 374 g/mol. The molecule has 0 spiro atoms. The van der Waals surface area contributed by atoms with Crippen molar-refractivity contribution in [3.8, 4) is 0 Å². The average Bonchev–Trinajstić information content (AvgIpc) is 3.22. The van der Waals surface area contributed by atoms with Gasteiger partial charge in [0.2, 0.25) is 0 Å². The van der Waals surface area contributed by atoms with Crippen molar-refractivity contribution in [1.29, 1.82) is 0 Å². The summed E-state index contributed by atoms with van der Waals surface area (Å²) in [6.45, 7) is 10.2. The van der Waals surface area contributed by atoms with Crippen molar-refractivity contribution in [3.63, 3.8) is 0 Å². The second kappa shape index (κ2) is 8.64. The van der Waals surface area contributed by atoms with Crippen molar-refractivity contribution in [2.45, 2.75) is 25.9 Å². The fraction of sp³-hybridized carbons (Fsp3) is 0.524. The van der Waals surface area contributed by atoms with Gasteiger partial charge in [-0.3, -0.25) is 9.69 Å². The maximum atomic E-state index is 12.7. The number of aromatic nitrogens is 2. The molecule has 2 saturated heterocycles. The quantitative estimate of drug-likeness (QED) is 0.768. The number of hydrogen-bond acceptors (Lipinski definition) is 5. The molecule has 2 fully saturated rings. The summed E-state index contributed by atoms with van der Waals surface area (Å²) >= 11 is 6.48. The van der Waals surface area contributed by atoms with Gasteiger partial charge in [-0.25, -0.2) is 4.68 Å². The number of benzene rings is 1. The van der Waals surface area contributed by atoms with Crippen LogP contribution in [0.1, 0.15) is 18.9 Å². The van der Waals surface area contributed by atoms with Crippen LogP contribution < -0.4 is 10.5 Å². The van der Waals surface area contributed by atoms with Crippen LogP contribution >= 0.6 is 11.6 Å². The van der Waals surface area contributed by atoms with E-state index in [9.17, 15) is 4.79 Å². The third-order valence-corrected chi connectivity index (χ3v) is 6.37. The van der Waals surface area contributed by atoms with Crippen LogP contribution in [0.25, 0.3) is 0 Å². The first-order chi connectivity index (χ1) is 13.7. The standard InChI is InChI=1S/C21H28ClN5O/c1-2-24-10-12-25(13-11-24)18-8-9-26(16-18)19-14-23-27(21(28)20(19)22)15-17-6-4-3-5-7-17/h3-7,14,18H,2,8-13,15-16H2,1H3. The number of hydrogen-bond donors (Lipinski definition) is 0. The van der Waals surface area contributed by atoms with Crippen LogP contribution in [0, 0.1) is 0 Å². The van der Waals surface area contributed by atoms with E-state index in [1.165, 1.54) is 4.68 Å². The predicted molar refractivity (Wildman–Crippen MR) is 113 cm³/mol. The molecule has 6 nitrogen and oxygen atoms in total. The van der Waals surface area contributed by atoms with Crippen molar-refractivity contribution in [2.24, 2.45) is 0 Å². The number of rotatable bonds is 5. The van der Waals surface area contributed by atoms with E-state index in [1.807, 2.05) is 30.3 Å². The van der Waals surface area contributed by atoms with Gasteiger partial charge in [-0.1, -0.05) is 48.9 Å². The molecule has 2 aromatic rings. The molecule has 150 valence electrons. The Labute approximate surface area is 171 Å². The Morgan fingerprint density at radius 1 is 1.11 bits per heavy atom. The van der Waals surface area contributed by atoms with Gasteiger partial charge in [-0.2, -0.15) is 5.10 Å². The summed E-state index contributed by atoms with van der Waals surface area (Å²) in [5, 5.41) is 4.68. The van der Waals surface area contributed by atoms with E-state index in [4.69, 9.17) is 11.6 Å². The van der Waals surface area contributed by atoms with Gasteiger partial charge in [-0.05, 0) is 18.5 Å². The Kier molecular flexibility index (Phi) is 5.99. The van der Waals surface area contributed by atoms with Crippen LogP contribution in [-0.4, -0.2) is 71.4 Å². The third-order valence-electron chi connectivity index (χ3n) is 6.02. The number of nitrogens with zero attached hydrogens (tertiary/aromatic N) is 5. The van der Waals surface area contributed by atoms with Gasteiger partial charge >= 0.3 is 0 Å². The first-order valence-electron chi connectivity index (χ1n) is 10.2. The molecule has 0 aliphatic carbocycles. The van der Waals surface area contributed by atoms with E-state index in [-0.39, 0.29) is 10.6 Å². The van der Waals surface area contributed by atoms with Gasteiger partial charge in [0.05, 0.1) is 18.4 Å². The molecule has 4 rings (SSSR count). The zero-order valence-corrected chi connectivity index (χ0v) is 17.2. The number of piperazine rings is 1. The predicted octanol–water partition coefficient (Wildman–Crippen LogP) is 2.16. The van der Waals surface area contributed by atoms with E-state index in [1.54, 1.807) is 6.20 Å². The van der Waals surface area contributed by atoms with Crippen molar-refractivity contribution in [3.05, 3.63) is 57.5 Å². The Morgan fingerprint density at radius 3 is 2.57 bits per heavy atom. The lowest BCUT2D eigenvalue weighted by Crippen LogP contribution is -2.50. The summed E-state index contributed by atoms with van der Waals surface area (Å²) in [4.78, 5) is 20.0. The maximum Gasteiger partial charge on any atom is 0.287 e. The highest BCUT2D eigenvalue weighted by molar-refractivity contribution is 6.33. The summed E-state index contributed by atoms with van der Waals surface area (Å²) in [5.74, 6) is 0. The summed E-state index contributed by atoms with van der Waals surface area (Å²) in [7, 11) is 0. The van der Waals surface area contributed by atoms with Crippen LogP contribution in [-0.2, 0) is 6.54 Å². The fourth-order valence-corrected chi connectivity index (χ4v) is 4.52. The normalized spacial score (nSPS) is 21.4. The first-order valence-corrected chi connectivity index (χ1v) is 10.5. The number of halogens is 1. The minimum Gasteiger partial charge on any atom is -0.367 e. The van der Waals surface area contributed by atoms with E-state index in [2.05, 4.69) is 26.7 Å². The van der Waals surface area contributed by atoms with E-state index in [0.717, 1.165) is 63.5 Å². The molecule has 0 bridgehead atoms. The lowest BCUT2D eigenvalue weighted by atomic mass is 10.2. The molecule has 0 saturated carbocycles. The Bertz CT molecular complexity index is 848. The Balaban J connectivity index is 1.44. The van der Waals surface area contributed by atoms with E-state index >= 15 is 0 Å². The molecule has 1 atom stereocenters. The van der Waals surface area contributed by atoms with Crippen LogP contribution in [0.2, 0.25) is 5.02 Å². The number of anilines is 1. The molecule has 2 aliphatic heterocycles. The molecule has 7 heteroatoms. The Morgan fingerprint density at radius 2 is 1.86 bits per heavy atom. The van der Waals surface area contributed by atoms with Gasteiger partial charge in [0.15, 0.2) is 0 Å². The van der Waals surface area contributed by atoms with Gasteiger partial charge in [0.1, 0.15) is 5.02 Å².